The Kier molecular flexibility index (Phi) is 4.18. The van der Waals surface area contributed by atoms with E-state index in [1.165, 1.54) is 9.80 Å². The Hall–Kier alpha value is -2.08. The van der Waals surface area contributed by atoms with Crippen LogP contribution in [0.2, 0.25) is 5.02 Å². The van der Waals surface area contributed by atoms with Gasteiger partial charge in [-0.3, -0.25) is 14.4 Å². The maximum Gasteiger partial charge on any atom is 0.254 e. The van der Waals surface area contributed by atoms with Gasteiger partial charge in [0.2, 0.25) is 11.8 Å². The van der Waals surface area contributed by atoms with E-state index < -0.39 is 11.8 Å². The molecule has 2 N–H and O–H groups in total. The first-order valence-electron chi connectivity index (χ1n) is 6.42. The van der Waals surface area contributed by atoms with Crippen molar-refractivity contribution in [1.82, 2.24) is 4.90 Å². The summed E-state index contributed by atoms with van der Waals surface area (Å²) in [6, 6.07) is 4.78. The number of nitrogens with zero attached hydrogens (tertiary/aromatic N) is 2. The maximum atomic E-state index is 12.1. The normalized spacial score (nSPS) is 18.0. The molecule has 0 aliphatic carbocycles. The summed E-state index contributed by atoms with van der Waals surface area (Å²) in [5.41, 5.74) is 6.10. The fourth-order valence-corrected chi connectivity index (χ4v) is 2.43. The molecule has 1 saturated heterocycles. The van der Waals surface area contributed by atoms with E-state index in [0.29, 0.717) is 16.3 Å². The van der Waals surface area contributed by atoms with E-state index >= 15 is 0 Å². The smallest absolute Gasteiger partial charge is 0.254 e. The van der Waals surface area contributed by atoms with Crippen molar-refractivity contribution in [2.75, 3.05) is 25.5 Å². The highest BCUT2D eigenvalue weighted by Crippen LogP contribution is 2.29. The van der Waals surface area contributed by atoms with Gasteiger partial charge in [0.15, 0.2) is 0 Å². The lowest BCUT2D eigenvalue weighted by atomic mass is 10.1. The molecule has 7 heteroatoms. The molecule has 112 valence electrons. The van der Waals surface area contributed by atoms with Gasteiger partial charge in [-0.05, 0) is 18.2 Å². The Labute approximate surface area is 127 Å². The first-order chi connectivity index (χ1) is 9.81. The van der Waals surface area contributed by atoms with Gasteiger partial charge in [0.1, 0.15) is 0 Å². The predicted molar refractivity (Wildman–Crippen MR) is 79.1 cm³/mol. The van der Waals surface area contributed by atoms with Crippen LogP contribution in [0.25, 0.3) is 0 Å². The summed E-state index contributed by atoms with van der Waals surface area (Å²) < 4.78 is 0. The second kappa shape index (κ2) is 5.73. The van der Waals surface area contributed by atoms with E-state index in [4.69, 9.17) is 17.3 Å². The lowest BCUT2D eigenvalue weighted by molar-refractivity contribution is -0.123. The number of primary amides is 1. The van der Waals surface area contributed by atoms with E-state index in [-0.39, 0.29) is 24.8 Å². The third-order valence-electron chi connectivity index (χ3n) is 3.43. The Morgan fingerprint density at radius 1 is 1.38 bits per heavy atom. The van der Waals surface area contributed by atoms with Crippen molar-refractivity contribution in [2.45, 2.75) is 6.42 Å². The van der Waals surface area contributed by atoms with Gasteiger partial charge >= 0.3 is 0 Å². The van der Waals surface area contributed by atoms with Crippen molar-refractivity contribution >= 4 is 35.0 Å². The topological polar surface area (TPSA) is 83.7 Å². The highest BCUT2D eigenvalue weighted by Gasteiger charge is 2.34. The maximum absolute atomic E-state index is 12.1. The summed E-state index contributed by atoms with van der Waals surface area (Å²) in [7, 11) is 3.24. The Morgan fingerprint density at radius 3 is 2.57 bits per heavy atom. The molecule has 1 heterocycles. The number of nitrogens with two attached hydrogens (primary N) is 1. The zero-order valence-corrected chi connectivity index (χ0v) is 12.6. The third-order valence-corrected chi connectivity index (χ3v) is 3.76. The molecule has 1 atom stereocenters. The Bertz CT molecular complexity index is 615. The molecule has 2 rings (SSSR count). The minimum absolute atomic E-state index is 0.0922. The predicted octanol–water partition coefficient (Wildman–Crippen LogP) is 0.880. The van der Waals surface area contributed by atoms with Crippen LogP contribution in [0.5, 0.6) is 0 Å². The summed E-state index contributed by atoms with van der Waals surface area (Å²) in [6.45, 7) is 0.228. The van der Waals surface area contributed by atoms with Gasteiger partial charge in [-0.2, -0.15) is 0 Å². The number of halogens is 1. The largest absolute Gasteiger partial charge is 0.369 e. The Balaban J connectivity index is 2.33. The van der Waals surface area contributed by atoms with Gasteiger partial charge in [0, 0.05) is 32.7 Å². The van der Waals surface area contributed by atoms with Crippen LogP contribution < -0.4 is 10.6 Å². The van der Waals surface area contributed by atoms with Crippen LogP contribution >= 0.6 is 11.6 Å². The molecule has 21 heavy (non-hydrogen) atoms. The summed E-state index contributed by atoms with van der Waals surface area (Å²) in [5, 5.41) is 0.315. The number of amides is 3. The second-order valence-corrected chi connectivity index (χ2v) is 5.58. The van der Waals surface area contributed by atoms with Crippen LogP contribution in [0.1, 0.15) is 16.8 Å². The average Bonchev–Trinajstić information content (AvgIpc) is 2.81. The molecule has 0 spiro atoms. The quantitative estimate of drug-likeness (QED) is 0.899. The highest BCUT2D eigenvalue weighted by atomic mass is 35.5. The van der Waals surface area contributed by atoms with Crippen LogP contribution in [0.4, 0.5) is 5.69 Å². The SMILES string of the molecule is CN(C)C(=O)c1cc(N2CC(C(N)=O)CC2=O)ccc1Cl. The van der Waals surface area contributed by atoms with Crippen LogP contribution in [0, 0.1) is 5.92 Å². The molecular weight excluding hydrogens is 294 g/mol. The van der Waals surface area contributed by atoms with E-state index in [1.807, 2.05) is 0 Å². The zero-order valence-electron chi connectivity index (χ0n) is 11.8. The van der Waals surface area contributed by atoms with Crippen LogP contribution in [0.15, 0.2) is 18.2 Å². The molecule has 0 bridgehead atoms. The number of hydrogen-bond acceptors (Lipinski definition) is 3. The first-order valence-corrected chi connectivity index (χ1v) is 6.80. The number of hydrogen-bond donors (Lipinski definition) is 1. The van der Waals surface area contributed by atoms with Gasteiger partial charge in [-0.1, -0.05) is 11.6 Å². The summed E-state index contributed by atoms with van der Waals surface area (Å²) in [4.78, 5) is 38.1. The lowest BCUT2D eigenvalue weighted by Gasteiger charge is -2.19. The average molecular weight is 310 g/mol. The van der Waals surface area contributed by atoms with E-state index in [0.717, 1.165) is 0 Å². The molecular formula is C14H16ClN3O3. The summed E-state index contributed by atoms with van der Waals surface area (Å²) in [6.07, 6.45) is 0.0922. The molecule has 1 fully saturated rings. The van der Waals surface area contributed by atoms with Crippen molar-refractivity contribution in [1.29, 1.82) is 0 Å². The molecule has 0 saturated carbocycles. The van der Waals surface area contributed by atoms with Gasteiger partial charge in [-0.25, -0.2) is 0 Å². The minimum atomic E-state index is -0.499. The third kappa shape index (κ3) is 3.00. The monoisotopic (exact) mass is 309 g/mol. The van der Waals surface area contributed by atoms with E-state index in [9.17, 15) is 14.4 Å². The van der Waals surface area contributed by atoms with Gasteiger partial charge < -0.3 is 15.5 Å². The number of rotatable bonds is 3. The molecule has 6 nitrogen and oxygen atoms in total. The molecule has 0 aromatic heterocycles. The minimum Gasteiger partial charge on any atom is -0.369 e. The highest BCUT2D eigenvalue weighted by molar-refractivity contribution is 6.34. The molecule has 1 aromatic carbocycles. The molecule has 1 unspecified atom stereocenters. The van der Waals surface area contributed by atoms with Crippen molar-refractivity contribution in [3.05, 3.63) is 28.8 Å². The zero-order chi connectivity index (χ0) is 15.7. The van der Waals surface area contributed by atoms with Crippen molar-refractivity contribution in [2.24, 2.45) is 11.7 Å². The fraction of sp³-hybridized carbons (Fsp3) is 0.357. The van der Waals surface area contributed by atoms with Gasteiger partial charge in [0.05, 0.1) is 16.5 Å². The molecule has 1 aromatic rings. The van der Waals surface area contributed by atoms with Gasteiger partial charge in [-0.15, -0.1) is 0 Å². The summed E-state index contributed by atoms with van der Waals surface area (Å²) >= 11 is 6.03. The second-order valence-electron chi connectivity index (χ2n) is 5.17. The lowest BCUT2D eigenvalue weighted by Crippen LogP contribution is -2.29. The summed E-state index contributed by atoms with van der Waals surface area (Å²) in [5.74, 6) is -1.44. The fourth-order valence-electron chi connectivity index (χ4n) is 2.23. The van der Waals surface area contributed by atoms with Gasteiger partial charge in [0.25, 0.3) is 5.91 Å². The van der Waals surface area contributed by atoms with Crippen molar-refractivity contribution in [3.63, 3.8) is 0 Å². The van der Waals surface area contributed by atoms with Crippen LogP contribution in [0.3, 0.4) is 0 Å². The van der Waals surface area contributed by atoms with Crippen LogP contribution in [-0.2, 0) is 9.59 Å². The van der Waals surface area contributed by atoms with Crippen molar-refractivity contribution in [3.8, 4) is 0 Å². The standard InChI is InChI=1S/C14H16ClN3O3/c1-17(2)14(21)10-6-9(3-4-11(10)15)18-7-8(13(16)20)5-12(18)19/h3-4,6,8H,5,7H2,1-2H3,(H2,16,20). The molecule has 1 aliphatic heterocycles. The number of carbonyl (C=O) groups excluding carboxylic acids is 3. The van der Waals surface area contributed by atoms with E-state index in [2.05, 4.69) is 0 Å². The number of carbonyl (C=O) groups is 3. The number of benzene rings is 1. The molecule has 1 aliphatic rings. The number of anilines is 1. The van der Waals surface area contributed by atoms with Crippen LogP contribution in [-0.4, -0.2) is 43.3 Å². The Morgan fingerprint density at radius 2 is 2.05 bits per heavy atom. The first kappa shape index (κ1) is 15.3. The van der Waals surface area contributed by atoms with Crippen molar-refractivity contribution < 1.29 is 14.4 Å². The molecule has 3 amide bonds. The van der Waals surface area contributed by atoms with E-state index in [1.54, 1.807) is 32.3 Å². The molecule has 0 radical (unpaired) electrons.